The van der Waals surface area contributed by atoms with Crippen molar-refractivity contribution in [1.29, 1.82) is 0 Å². The van der Waals surface area contributed by atoms with Crippen LogP contribution < -0.4 is 0 Å². The van der Waals surface area contributed by atoms with Gasteiger partial charge in [0.25, 0.3) is 0 Å². The van der Waals surface area contributed by atoms with Gasteiger partial charge < -0.3 is 14.4 Å². The van der Waals surface area contributed by atoms with Crippen molar-refractivity contribution < 1.29 is 19.1 Å². The van der Waals surface area contributed by atoms with Crippen LogP contribution in [-0.4, -0.2) is 33.4 Å². The number of fused-ring (bicyclic) bond motifs is 1. The van der Waals surface area contributed by atoms with Crippen LogP contribution in [0.5, 0.6) is 0 Å². The highest BCUT2D eigenvalue weighted by molar-refractivity contribution is 7.13. The predicted octanol–water partition coefficient (Wildman–Crippen LogP) is 3.54. The Balaban J connectivity index is 1.50. The molecular formula is C20H18N2O4S. The number of benzene rings is 1. The summed E-state index contributed by atoms with van der Waals surface area (Å²) in [5, 5.41) is 11.1. The number of hydrogen-bond donors (Lipinski definition) is 1. The summed E-state index contributed by atoms with van der Waals surface area (Å²) in [5.41, 5.74) is 2.89. The van der Waals surface area contributed by atoms with Gasteiger partial charge in [-0.3, -0.25) is 4.79 Å². The third-order valence-electron chi connectivity index (χ3n) is 4.76. The SMILES string of the molecule is Cc1oc(-c2cccs2)nc1CC(=O)N1CCc2ccc(C(=O)O)cc2C1. The number of aryl methyl sites for hydroxylation is 1. The van der Waals surface area contributed by atoms with Gasteiger partial charge >= 0.3 is 5.97 Å². The Labute approximate surface area is 160 Å². The molecule has 0 fully saturated rings. The zero-order chi connectivity index (χ0) is 19.0. The molecule has 0 spiro atoms. The molecule has 0 unspecified atom stereocenters. The maximum atomic E-state index is 12.8. The number of hydrogen-bond acceptors (Lipinski definition) is 5. The van der Waals surface area contributed by atoms with E-state index < -0.39 is 5.97 Å². The number of nitrogens with zero attached hydrogens (tertiary/aromatic N) is 2. The number of carboxylic acids is 1. The highest BCUT2D eigenvalue weighted by Crippen LogP contribution is 2.27. The fourth-order valence-electron chi connectivity index (χ4n) is 3.26. The Morgan fingerprint density at radius 3 is 2.89 bits per heavy atom. The molecule has 1 aliphatic rings. The number of oxazole rings is 1. The zero-order valence-electron chi connectivity index (χ0n) is 14.8. The Kier molecular flexibility index (Phi) is 4.53. The zero-order valence-corrected chi connectivity index (χ0v) is 15.6. The summed E-state index contributed by atoms with van der Waals surface area (Å²) >= 11 is 1.54. The molecule has 0 aliphatic carbocycles. The number of carbonyl (C=O) groups is 2. The Morgan fingerprint density at radius 2 is 2.15 bits per heavy atom. The summed E-state index contributed by atoms with van der Waals surface area (Å²) in [4.78, 5) is 31.1. The van der Waals surface area contributed by atoms with Crippen molar-refractivity contribution in [1.82, 2.24) is 9.88 Å². The van der Waals surface area contributed by atoms with Gasteiger partial charge in [-0.1, -0.05) is 12.1 Å². The fourth-order valence-corrected chi connectivity index (χ4v) is 3.90. The van der Waals surface area contributed by atoms with E-state index in [-0.39, 0.29) is 17.9 Å². The van der Waals surface area contributed by atoms with Crippen LogP contribution in [0.1, 0.15) is 32.9 Å². The van der Waals surface area contributed by atoms with Crippen LogP contribution in [-0.2, 0) is 24.2 Å². The molecule has 138 valence electrons. The van der Waals surface area contributed by atoms with Gasteiger partial charge in [-0.15, -0.1) is 11.3 Å². The molecule has 3 aromatic rings. The van der Waals surface area contributed by atoms with Gasteiger partial charge in [0.2, 0.25) is 11.8 Å². The number of carbonyl (C=O) groups excluding carboxylic acids is 1. The fraction of sp³-hybridized carbons (Fsp3) is 0.250. The molecule has 1 N–H and O–H groups in total. The van der Waals surface area contributed by atoms with Gasteiger partial charge in [-0.2, -0.15) is 0 Å². The van der Waals surface area contributed by atoms with Gasteiger partial charge in [-0.25, -0.2) is 9.78 Å². The van der Waals surface area contributed by atoms with Crippen molar-refractivity contribution in [3.05, 3.63) is 63.9 Å². The summed E-state index contributed by atoms with van der Waals surface area (Å²) in [6.45, 7) is 2.86. The molecule has 0 bridgehead atoms. The van der Waals surface area contributed by atoms with Crippen molar-refractivity contribution in [3.63, 3.8) is 0 Å². The number of rotatable bonds is 4. The van der Waals surface area contributed by atoms with E-state index in [0.29, 0.717) is 30.4 Å². The topological polar surface area (TPSA) is 83.6 Å². The number of aromatic nitrogens is 1. The lowest BCUT2D eigenvalue weighted by Gasteiger charge is -2.29. The smallest absolute Gasteiger partial charge is 0.335 e. The van der Waals surface area contributed by atoms with E-state index in [0.717, 1.165) is 22.4 Å². The normalized spacial score (nSPS) is 13.4. The molecule has 0 saturated carbocycles. The molecule has 1 amide bonds. The van der Waals surface area contributed by atoms with E-state index in [4.69, 9.17) is 9.52 Å². The minimum absolute atomic E-state index is 0.0319. The van der Waals surface area contributed by atoms with E-state index in [1.54, 1.807) is 28.4 Å². The van der Waals surface area contributed by atoms with Crippen LogP contribution in [0.3, 0.4) is 0 Å². The van der Waals surface area contributed by atoms with Gasteiger partial charge in [0.15, 0.2) is 0 Å². The number of amides is 1. The Morgan fingerprint density at radius 1 is 1.30 bits per heavy atom. The summed E-state index contributed by atoms with van der Waals surface area (Å²) in [6, 6.07) is 8.98. The molecule has 2 aromatic heterocycles. The number of carboxylic acid groups (broad SMARTS) is 1. The van der Waals surface area contributed by atoms with E-state index >= 15 is 0 Å². The maximum absolute atomic E-state index is 12.8. The van der Waals surface area contributed by atoms with Crippen LogP contribution in [0.15, 0.2) is 40.1 Å². The first-order valence-electron chi connectivity index (χ1n) is 8.64. The average molecular weight is 382 g/mol. The van der Waals surface area contributed by atoms with E-state index in [1.807, 2.05) is 30.5 Å². The monoisotopic (exact) mass is 382 g/mol. The molecule has 6 nitrogen and oxygen atoms in total. The second kappa shape index (κ2) is 7.00. The van der Waals surface area contributed by atoms with Crippen molar-refractivity contribution in [2.45, 2.75) is 26.3 Å². The van der Waals surface area contributed by atoms with Gasteiger partial charge in [0.05, 0.1) is 22.6 Å². The van der Waals surface area contributed by atoms with E-state index in [2.05, 4.69) is 4.98 Å². The molecule has 4 rings (SSSR count). The highest BCUT2D eigenvalue weighted by Gasteiger charge is 2.24. The molecule has 0 saturated heterocycles. The summed E-state index contributed by atoms with van der Waals surface area (Å²) in [6.07, 6.45) is 0.897. The minimum atomic E-state index is -0.958. The van der Waals surface area contributed by atoms with Gasteiger partial charge in [0.1, 0.15) is 5.76 Å². The van der Waals surface area contributed by atoms with Crippen LogP contribution in [0, 0.1) is 6.92 Å². The predicted molar refractivity (Wildman–Crippen MR) is 101 cm³/mol. The molecule has 7 heteroatoms. The van der Waals surface area contributed by atoms with Crippen LogP contribution >= 0.6 is 11.3 Å². The van der Waals surface area contributed by atoms with Gasteiger partial charge in [0, 0.05) is 13.1 Å². The van der Waals surface area contributed by atoms with Crippen LogP contribution in [0.4, 0.5) is 0 Å². The van der Waals surface area contributed by atoms with Crippen molar-refractivity contribution in [2.24, 2.45) is 0 Å². The van der Waals surface area contributed by atoms with Crippen molar-refractivity contribution >= 4 is 23.2 Å². The summed E-state index contributed by atoms with van der Waals surface area (Å²) in [5.74, 6) is 0.203. The second-order valence-corrected chi connectivity index (χ2v) is 7.48. The molecule has 1 aromatic carbocycles. The second-order valence-electron chi connectivity index (χ2n) is 6.53. The molecule has 27 heavy (non-hydrogen) atoms. The first-order valence-corrected chi connectivity index (χ1v) is 9.52. The average Bonchev–Trinajstić information content (AvgIpc) is 3.31. The quantitative estimate of drug-likeness (QED) is 0.746. The first kappa shape index (κ1) is 17.5. The third kappa shape index (κ3) is 3.50. The number of aromatic carboxylic acids is 1. The molecule has 1 aliphatic heterocycles. The van der Waals surface area contributed by atoms with Crippen molar-refractivity contribution in [3.8, 4) is 10.8 Å². The van der Waals surface area contributed by atoms with E-state index in [9.17, 15) is 9.59 Å². The first-order chi connectivity index (χ1) is 13.0. The maximum Gasteiger partial charge on any atom is 0.335 e. The standard InChI is InChI=1S/C20H18N2O4S/c1-12-16(21-19(26-12)17-3-2-8-27-17)10-18(23)22-7-6-13-4-5-14(20(24)25)9-15(13)11-22/h2-5,8-9H,6-7,10-11H2,1H3,(H,24,25). The third-order valence-corrected chi connectivity index (χ3v) is 5.62. The summed E-state index contributed by atoms with van der Waals surface area (Å²) in [7, 11) is 0. The highest BCUT2D eigenvalue weighted by atomic mass is 32.1. The minimum Gasteiger partial charge on any atom is -0.478 e. The molecule has 0 radical (unpaired) electrons. The van der Waals surface area contributed by atoms with Crippen molar-refractivity contribution in [2.75, 3.05) is 6.54 Å². The largest absolute Gasteiger partial charge is 0.478 e. The van der Waals surface area contributed by atoms with Crippen LogP contribution in [0.2, 0.25) is 0 Å². The lowest BCUT2D eigenvalue weighted by atomic mass is 9.97. The van der Waals surface area contributed by atoms with Gasteiger partial charge in [-0.05, 0) is 48.1 Å². The van der Waals surface area contributed by atoms with E-state index in [1.165, 1.54) is 0 Å². The lowest BCUT2D eigenvalue weighted by molar-refractivity contribution is -0.131. The summed E-state index contributed by atoms with van der Waals surface area (Å²) < 4.78 is 5.71. The van der Waals surface area contributed by atoms with Crippen LogP contribution in [0.25, 0.3) is 10.8 Å². The molecule has 0 atom stereocenters. The molecular weight excluding hydrogens is 364 g/mol. The Bertz CT molecular complexity index is 1010. The Hall–Kier alpha value is -2.93. The molecule has 3 heterocycles. The lowest BCUT2D eigenvalue weighted by Crippen LogP contribution is -2.37. The number of thiophene rings is 1.